The summed E-state index contributed by atoms with van der Waals surface area (Å²) in [5, 5.41) is 2.61. The molecule has 138 valence electrons. The molecule has 1 fully saturated rings. The molecule has 0 spiro atoms. The molecule has 2 aromatic rings. The maximum atomic E-state index is 12.9. The van der Waals surface area contributed by atoms with Gasteiger partial charge in [-0.15, -0.1) is 0 Å². The second kappa shape index (κ2) is 7.94. The lowest BCUT2D eigenvalue weighted by Crippen LogP contribution is -2.54. The number of hydrogen-bond acceptors (Lipinski definition) is 4. The predicted molar refractivity (Wildman–Crippen MR) is 106 cm³/mol. The molecule has 1 heterocycles. The molecule has 1 aliphatic heterocycles. The van der Waals surface area contributed by atoms with E-state index >= 15 is 0 Å². The van der Waals surface area contributed by atoms with Gasteiger partial charge in [-0.1, -0.05) is 33.6 Å². The van der Waals surface area contributed by atoms with Crippen LogP contribution < -0.4 is 15.0 Å². The number of amides is 4. The van der Waals surface area contributed by atoms with Crippen LogP contribution in [-0.4, -0.2) is 24.5 Å². The molecular weight excluding hydrogens is 436 g/mol. The van der Waals surface area contributed by atoms with E-state index in [2.05, 4.69) is 21.2 Å². The van der Waals surface area contributed by atoms with Crippen LogP contribution in [0.1, 0.15) is 12.5 Å². The Balaban J connectivity index is 2.06. The zero-order valence-electron chi connectivity index (χ0n) is 14.2. The minimum absolute atomic E-state index is 0.196. The highest BCUT2D eigenvalue weighted by atomic mass is 79.9. The number of benzene rings is 2. The van der Waals surface area contributed by atoms with Gasteiger partial charge in [-0.3, -0.25) is 14.9 Å². The molecule has 0 saturated carbocycles. The van der Waals surface area contributed by atoms with Gasteiger partial charge in [-0.05, 0) is 49.4 Å². The maximum absolute atomic E-state index is 12.9. The molecule has 6 nitrogen and oxygen atoms in total. The first-order valence-electron chi connectivity index (χ1n) is 8.00. The van der Waals surface area contributed by atoms with Gasteiger partial charge in [0.1, 0.15) is 11.3 Å². The summed E-state index contributed by atoms with van der Waals surface area (Å²) in [4.78, 5) is 38.3. The van der Waals surface area contributed by atoms with Crippen molar-refractivity contribution in [3.63, 3.8) is 0 Å². The van der Waals surface area contributed by atoms with Gasteiger partial charge < -0.3 is 4.74 Å². The Morgan fingerprint density at radius 3 is 2.67 bits per heavy atom. The summed E-state index contributed by atoms with van der Waals surface area (Å²) in [5.41, 5.74) is 0.602. The highest BCUT2D eigenvalue weighted by Gasteiger charge is 2.37. The number of imide groups is 2. The number of hydrogen-bond donors (Lipinski definition) is 1. The summed E-state index contributed by atoms with van der Waals surface area (Å²) in [6.45, 7) is 2.22. The van der Waals surface area contributed by atoms with E-state index < -0.39 is 17.8 Å². The van der Waals surface area contributed by atoms with E-state index in [0.717, 1.165) is 4.90 Å². The lowest BCUT2D eigenvalue weighted by molar-refractivity contribution is -0.122. The third-order valence-electron chi connectivity index (χ3n) is 3.74. The van der Waals surface area contributed by atoms with Crippen molar-refractivity contribution in [2.45, 2.75) is 6.92 Å². The molecule has 1 N–H and O–H groups in total. The van der Waals surface area contributed by atoms with Crippen LogP contribution in [0.3, 0.4) is 0 Å². The van der Waals surface area contributed by atoms with Crippen LogP contribution in [0.2, 0.25) is 5.02 Å². The molecule has 1 saturated heterocycles. The smallest absolute Gasteiger partial charge is 0.335 e. The molecule has 8 heteroatoms. The molecule has 0 bridgehead atoms. The second-order valence-corrected chi connectivity index (χ2v) is 6.90. The van der Waals surface area contributed by atoms with E-state index in [9.17, 15) is 14.4 Å². The Bertz CT molecular complexity index is 974. The van der Waals surface area contributed by atoms with E-state index in [4.69, 9.17) is 16.3 Å². The molecule has 1 aliphatic rings. The Hall–Kier alpha value is -2.64. The van der Waals surface area contributed by atoms with Gasteiger partial charge in [0, 0.05) is 15.1 Å². The number of anilines is 1. The van der Waals surface area contributed by atoms with E-state index in [1.807, 2.05) is 6.92 Å². The lowest BCUT2D eigenvalue weighted by Gasteiger charge is -2.26. The van der Waals surface area contributed by atoms with E-state index in [1.54, 1.807) is 42.5 Å². The third-order valence-corrected chi connectivity index (χ3v) is 4.47. The average Bonchev–Trinajstić information content (AvgIpc) is 2.61. The van der Waals surface area contributed by atoms with Crippen molar-refractivity contribution in [1.82, 2.24) is 5.32 Å². The Kier molecular flexibility index (Phi) is 5.62. The summed E-state index contributed by atoms with van der Waals surface area (Å²) in [6.07, 6.45) is 1.37. The molecule has 0 aromatic heterocycles. The molecule has 2 aromatic carbocycles. The molecule has 27 heavy (non-hydrogen) atoms. The minimum atomic E-state index is -0.809. The van der Waals surface area contributed by atoms with Gasteiger partial charge >= 0.3 is 6.03 Å². The van der Waals surface area contributed by atoms with E-state index in [0.29, 0.717) is 33.1 Å². The zero-order valence-corrected chi connectivity index (χ0v) is 16.5. The molecular formula is C19H14BrClN2O4. The summed E-state index contributed by atoms with van der Waals surface area (Å²) >= 11 is 9.33. The predicted octanol–water partition coefficient (Wildman–Crippen LogP) is 4.17. The van der Waals surface area contributed by atoms with Crippen molar-refractivity contribution in [3.8, 4) is 5.75 Å². The standard InChI is InChI=1S/C19H14BrClN2O4/c1-2-27-16-7-6-13(21)8-11(16)9-15-17(24)22-19(26)23(18(15)25)14-5-3-4-12(20)10-14/h3-10H,2H2,1H3,(H,22,24,26)/b15-9+. The number of carbonyl (C=O) groups excluding carboxylic acids is 3. The van der Waals surface area contributed by atoms with Gasteiger partial charge in [0.25, 0.3) is 11.8 Å². The molecule has 4 amide bonds. The van der Waals surface area contributed by atoms with Crippen LogP contribution in [-0.2, 0) is 9.59 Å². The fourth-order valence-electron chi connectivity index (χ4n) is 2.58. The number of halogens is 2. The zero-order chi connectivity index (χ0) is 19.6. The van der Waals surface area contributed by atoms with Crippen LogP contribution in [0, 0.1) is 0 Å². The number of barbiturate groups is 1. The largest absolute Gasteiger partial charge is 0.493 e. The van der Waals surface area contributed by atoms with Crippen molar-refractivity contribution in [2.24, 2.45) is 0 Å². The summed E-state index contributed by atoms with van der Waals surface area (Å²) in [7, 11) is 0. The maximum Gasteiger partial charge on any atom is 0.335 e. The highest BCUT2D eigenvalue weighted by Crippen LogP contribution is 2.28. The van der Waals surface area contributed by atoms with Crippen molar-refractivity contribution in [2.75, 3.05) is 11.5 Å². The first kappa shape index (κ1) is 19.1. The van der Waals surface area contributed by atoms with Crippen LogP contribution in [0.5, 0.6) is 5.75 Å². The Morgan fingerprint density at radius 2 is 1.96 bits per heavy atom. The number of nitrogens with one attached hydrogen (secondary N) is 1. The molecule has 0 unspecified atom stereocenters. The highest BCUT2D eigenvalue weighted by molar-refractivity contribution is 9.10. The average molecular weight is 450 g/mol. The fraction of sp³-hybridized carbons (Fsp3) is 0.105. The summed E-state index contributed by atoms with van der Waals surface area (Å²) < 4.78 is 6.21. The second-order valence-electron chi connectivity index (χ2n) is 5.55. The number of carbonyl (C=O) groups is 3. The first-order valence-corrected chi connectivity index (χ1v) is 9.17. The molecule has 3 rings (SSSR count). The Labute approximate surface area is 168 Å². The van der Waals surface area contributed by atoms with Crippen molar-refractivity contribution in [1.29, 1.82) is 0 Å². The van der Waals surface area contributed by atoms with Gasteiger partial charge in [-0.25, -0.2) is 9.69 Å². The lowest BCUT2D eigenvalue weighted by atomic mass is 10.1. The van der Waals surface area contributed by atoms with Crippen LogP contribution >= 0.6 is 27.5 Å². The monoisotopic (exact) mass is 448 g/mol. The fourth-order valence-corrected chi connectivity index (χ4v) is 3.15. The van der Waals surface area contributed by atoms with Crippen LogP contribution in [0.25, 0.3) is 6.08 Å². The number of ether oxygens (including phenoxy) is 1. The normalized spacial score (nSPS) is 15.9. The number of urea groups is 1. The number of rotatable bonds is 4. The van der Waals surface area contributed by atoms with Crippen molar-refractivity contribution < 1.29 is 19.1 Å². The quantitative estimate of drug-likeness (QED) is 0.561. The first-order chi connectivity index (χ1) is 12.9. The Morgan fingerprint density at radius 1 is 1.19 bits per heavy atom. The van der Waals surface area contributed by atoms with Crippen molar-refractivity contribution >= 4 is 57.1 Å². The SMILES string of the molecule is CCOc1ccc(Cl)cc1/C=C1\C(=O)NC(=O)N(c2cccc(Br)c2)C1=O. The summed E-state index contributed by atoms with van der Waals surface area (Å²) in [6, 6.07) is 10.7. The van der Waals surface area contributed by atoms with Gasteiger partial charge in [0.05, 0.1) is 12.3 Å². The van der Waals surface area contributed by atoms with Gasteiger partial charge in [0.2, 0.25) is 0 Å². The minimum Gasteiger partial charge on any atom is -0.493 e. The molecule has 0 radical (unpaired) electrons. The number of nitrogens with zero attached hydrogens (tertiary/aromatic N) is 1. The van der Waals surface area contributed by atoms with Gasteiger partial charge in [-0.2, -0.15) is 0 Å². The summed E-state index contributed by atoms with van der Waals surface area (Å²) in [5.74, 6) is -1.04. The van der Waals surface area contributed by atoms with Crippen molar-refractivity contribution in [3.05, 3.63) is 63.1 Å². The van der Waals surface area contributed by atoms with E-state index in [1.165, 1.54) is 6.08 Å². The van der Waals surface area contributed by atoms with E-state index in [-0.39, 0.29) is 5.57 Å². The van der Waals surface area contributed by atoms with Crippen LogP contribution in [0.15, 0.2) is 52.5 Å². The molecule has 0 atom stereocenters. The van der Waals surface area contributed by atoms with Gasteiger partial charge in [0.15, 0.2) is 0 Å². The third kappa shape index (κ3) is 4.04. The molecule has 0 aliphatic carbocycles. The van der Waals surface area contributed by atoms with Crippen LogP contribution in [0.4, 0.5) is 10.5 Å². The topological polar surface area (TPSA) is 75.7 Å².